The monoisotopic (exact) mass is 350 g/mol. The average Bonchev–Trinajstić information content (AvgIpc) is 2.51. The van der Waals surface area contributed by atoms with Crippen LogP contribution in [0.3, 0.4) is 0 Å². The zero-order valence-electron chi connectivity index (χ0n) is 11.8. The number of hydrogen-bond acceptors (Lipinski definition) is 2. The molecule has 1 aliphatic rings. The molecule has 1 aliphatic carbocycles. The Hall–Kier alpha value is -1.62. The van der Waals surface area contributed by atoms with Crippen LogP contribution in [0.5, 0.6) is 0 Å². The smallest absolute Gasteiger partial charge is 0.262 e. The Morgan fingerprint density at radius 1 is 1.14 bits per heavy atom. The Bertz CT molecular complexity index is 537. The number of hydrazine groups is 1. The van der Waals surface area contributed by atoms with Crippen molar-refractivity contribution in [2.45, 2.75) is 32.1 Å². The largest absolute Gasteiger partial charge is 0.273 e. The Morgan fingerprint density at radius 3 is 2.62 bits per heavy atom. The number of carbonyl (C=O) groups excluding carboxylic acids is 2. The molecule has 1 aromatic rings. The fourth-order valence-electron chi connectivity index (χ4n) is 2.41. The molecule has 2 amide bonds. The van der Waals surface area contributed by atoms with E-state index < -0.39 is 0 Å². The van der Waals surface area contributed by atoms with Gasteiger partial charge < -0.3 is 0 Å². The van der Waals surface area contributed by atoms with Crippen molar-refractivity contribution in [3.63, 3.8) is 0 Å². The number of halogens is 1. The molecule has 4 nitrogen and oxygen atoms in total. The summed E-state index contributed by atoms with van der Waals surface area (Å²) in [6.07, 6.45) is 8.32. The molecule has 2 N–H and O–H groups in total. The lowest BCUT2D eigenvalue weighted by Gasteiger charge is -2.20. The van der Waals surface area contributed by atoms with Crippen LogP contribution < -0.4 is 10.9 Å². The minimum Gasteiger partial charge on any atom is -0.273 e. The molecule has 1 saturated carbocycles. The molecule has 0 spiro atoms. The fraction of sp³-hybridized carbons (Fsp3) is 0.375. The van der Waals surface area contributed by atoms with E-state index >= 15 is 0 Å². The summed E-state index contributed by atoms with van der Waals surface area (Å²) in [7, 11) is 0. The van der Waals surface area contributed by atoms with Crippen molar-refractivity contribution in [2.24, 2.45) is 5.92 Å². The van der Waals surface area contributed by atoms with E-state index in [4.69, 9.17) is 0 Å². The van der Waals surface area contributed by atoms with Crippen LogP contribution >= 0.6 is 15.9 Å². The molecule has 0 bridgehead atoms. The summed E-state index contributed by atoms with van der Waals surface area (Å²) in [6, 6.07) is 7.62. The first kappa shape index (κ1) is 15.8. The van der Waals surface area contributed by atoms with Gasteiger partial charge in [-0.25, -0.2) is 0 Å². The third kappa shape index (κ3) is 5.34. The molecule has 5 heteroatoms. The van der Waals surface area contributed by atoms with Gasteiger partial charge in [0, 0.05) is 16.5 Å². The number of benzene rings is 1. The molecule has 0 atom stereocenters. The van der Waals surface area contributed by atoms with E-state index in [1.807, 2.05) is 24.3 Å². The topological polar surface area (TPSA) is 58.2 Å². The Morgan fingerprint density at radius 2 is 1.90 bits per heavy atom. The number of nitrogens with one attached hydrogen (secondary N) is 2. The number of amides is 2. The van der Waals surface area contributed by atoms with Gasteiger partial charge in [-0.1, -0.05) is 47.3 Å². The third-order valence-corrected chi connectivity index (χ3v) is 4.05. The number of rotatable bonds is 3. The highest BCUT2D eigenvalue weighted by molar-refractivity contribution is 9.10. The first-order valence-corrected chi connectivity index (χ1v) is 7.98. The summed E-state index contributed by atoms with van der Waals surface area (Å²) >= 11 is 3.37. The molecule has 0 saturated heterocycles. The Balaban J connectivity index is 1.77. The lowest BCUT2D eigenvalue weighted by atomic mass is 9.89. The van der Waals surface area contributed by atoms with Crippen LogP contribution in [-0.2, 0) is 9.59 Å². The van der Waals surface area contributed by atoms with E-state index in [1.165, 1.54) is 12.5 Å². The molecular weight excluding hydrogens is 332 g/mol. The summed E-state index contributed by atoms with van der Waals surface area (Å²) in [6.45, 7) is 0. The van der Waals surface area contributed by atoms with Crippen molar-refractivity contribution < 1.29 is 9.59 Å². The van der Waals surface area contributed by atoms with Crippen LogP contribution in [0, 0.1) is 5.92 Å². The lowest BCUT2D eigenvalue weighted by Crippen LogP contribution is -2.44. The van der Waals surface area contributed by atoms with Crippen LogP contribution in [0.25, 0.3) is 6.08 Å². The van der Waals surface area contributed by atoms with Gasteiger partial charge in [0.15, 0.2) is 0 Å². The lowest BCUT2D eigenvalue weighted by molar-refractivity contribution is -0.130. The molecular formula is C16H19BrN2O2. The maximum Gasteiger partial charge on any atom is 0.262 e. The van der Waals surface area contributed by atoms with E-state index in [-0.39, 0.29) is 17.7 Å². The molecule has 0 aromatic heterocycles. The zero-order chi connectivity index (χ0) is 15.1. The molecule has 0 heterocycles. The second kappa shape index (κ2) is 7.98. The summed E-state index contributed by atoms with van der Waals surface area (Å²) in [5.41, 5.74) is 5.84. The average molecular weight is 351 g/mol. The van der Waals surface area contributed by atoms with Crippen molar-refractivity contribution in [2.75, 3.05) is 0 Å². The quantitative estimate of drug-likeness (QED) is 0.649. The Labute approximate surface area is 133 Å². The van der Waals surface area contributed by atoms with Crippen molar-refractivity contribution >= 4 is 33.8 Å². The maximum absolute atomic E-state index is 11.9. The van der Waals surface area contributed by atoms with Crippen LogP contribution in [0.1, 0.15) is 37.7 Å². The van der Waals surface area contributed by atoms with Gasteiger partial charge in [-0.15, -0.1) is 0 Å². The van der Waals surface area contributed by atoms with Crippen molar-refractivity contribution in [1.29, 1.82) is 0 Å². The highest BCUT2D eigenvalue weighted by atomic mass is 79.9. The van der Waals surface area contributed by atoms with Crippen molar-refractivity contribution in [3.8, 4) is 0 Å². The van der Waals surface area contributed by atoms with Crippen molar-refractivity contribution in [1.82, 2.24) is 10.9 Å². The highest BCUT2D eigenvalue weighted by Gasteiger charge is 2.20. The summed E-state index contributed by atoms with van der Waals surface area (Å²) < 4.78 is 0.954. The third-order valence-electron chi connectivity index (χ3n) is 3.56. The summed E-state index contributed by atoms with van der Waals surface area (Å²) in [4.78, 5) is 23.5. The van der Waals surface area contributed by atoms with E-state index in [0.717, 1.165) is 35.7 Å². The van der Waals surface area contributed by atoms with Crippen LogP contribution in [0.15, 0.2) is 34.8 Å². The van der Waals surface area contributed by atoms with Gasteiger partial charge in [-0.2, -0.15) is 0 Å². The second-order valence-electron chi connectivity index (χ2n) is 5.20. The first-order chi connectivity index (χ1) is 10.1. The molecule has 0 aliphatic heterocycles. The van der Waals surface area contributed by atoms with Gasteiger partial charge in [-0.05, 0) is 36.6 Å². The normalized spacial score (nSPS) is 15.9. The van der Waals surface area contributed by atoms with Crippen LogP contribution in [-0.4, -0.2) is 11.8 Å². The van der Waals surface area contributed by atoms with Gasteiger partial charge in [0.25, 0.3) is 5.91 Å². The molecule has 0 radical (unpaired) electrons. The van der Waals surface area contributed by atoms with Gasteiger partial charge in [0.1, 0.15) is 0 Å². The molecule has 1 aromatic carbocycles. The minimum atomic E-state index is -0.334. The second-order valence-corrected chi connectivity index (χ2v) is 6.12. The SMILES string of the molecule is O=C(/C=C/c1cccc(Br)c1)NNC(=O)C1CCCCC1. The number of hydrogen-bond donors (Lipinski definition) is 2. The standard InChI is InChI=1S/C16H19BrN2O2/c17-14-8-4-5-12(11-14)9-10-15(20)18-19-16(21)13-6-2-1-3-7-13/h4-5,8-11,13H,1-3,6-7H2,(H,18,20)(H,19,21)/b10-9+. The van der Waals surface area contributed by atoms with Crippen LogP contribution in [0.2, 0.25) is 0 Å². The van der Waals surface area contributed by atoms with E-state index in [0.29, 0.717) is 0 Å². The van der Waals surface area contributed by atoms with Gasteiger partial charge in [0.2, 0.25) is 5.91 Å². The fourth-order valence-corrected chi connectivity index (χ4v) is 2.83. The van der Waals surface area contributed by atoms with Crippen molar-refractivity contribution in [3.05, 3.63) is 40.4 Å². The van der Waals surface area contributed by atoms with Crippen LogP contribution in [0.4, 0.5) is 0 Å². The van der Waals surface area contributed by atoms with Gasteiger partial charge >= 0.3 is 0 Å². The van der Waals surface area contributed by atoms with E-state index in [1.54, 1.807) is 6.08 Å². The summed E-state index contributed by atoms with van der Waals surface area (Å²) in [5.74, 6) is -0.383. The molecule has 112 valence electrons. The maximum atomic E-state index is 11.9. The molecule has 2 rings (SSSR count). The predicted octanol–water partition coefficient (Wildman–Crippen LogP) is 3.19. The molecule has 1 fully saturated rings. The van der Waals surface area contributed by atoms with Gasteiger partial charge in [0.05, 0.1) is 0 Å². The van der Waals surface area contributed by atoms with E-state index in [2.05, 4.69) is 26.8 Å². The van der Waals surface area contributed by atoms with E-state index in [9.17, 15) is 9.59 Å². The van der Waals surface area contributed by atoms with Gasteiger partial charge in [-0.3, -0.25) is 20.4 Å². The zero-order valence-corrected chi connectivity index (χ0v) is 13.4. The molecule has 0 unspecified atom stereocenters. The minimum absolute atomic E-state index is 0.0353. The highest BCUT2D eigenvalue weighted by Crippen LogP contribution is 2.23. The molecule has 21 heavy (non-hydrogen) atoms. The number of carbonyl (C=O) groups is 2. The Kier molecular flexibility index (Phi) is 5.99. The predicted molar refractivity (Wildman–Crippen MR) is 86.0 cm³/mol. The summed E-state index contributed by atoms with van der Waals surface area (Å²) in [5, 5.41) is 0. The first-order valence-electron chi connectivity index (χ1n) is 7.18.